The lowest BCUT2D eigenvalue weighted by Gasteiger charge is -2.19. The van der Waals surface area contributed by atoms with E-state index < -0.39 is 0 Å². The monoisotopic (exact) mass is 360 g/mol. The number of nitrogens with zero attached hydrogens (tertiary/aromatic N) is 3. The zero-order valence-corrected chi connectivity index (χ0v) is 15.5. The van der Waals surface area contributed by atoms with Crippen LogP contribution in [0.15, 0.2) is 73.2 Å². The average Bonchev–Trinajstić information content (AvgIpc) is 2.72. The zero-order valence-electron chi connectivity index (χ0n) is 15.5. The van der Waals surface area contributed by atoms with Crippen LogP contribution in [-0.4, -0.2) is 29.5 Å². The van der Waals surface area contributed by atoms with Crippen LogP contribution in [0.4, 0.5) is 11.5 Å². The Morgan fingerprint density at radius 1 is 0.963 bits per heavy atom. The van der Waals surface area contributed by atoms with Gasteiger partial charge >= 0.3 is 0 Å². The minimum absolute atomic E-state index is 0.0230. The largest absolute Gasteiger partial charge is 0.373 e. The van der Waals surface area contributed by atoms with Crippen molar-refractivity contribution < 1.29 is 4.79 Å². The first-order valence-electron chi connectivity index (χ1n) is 9.10. The lowest BCUT2D eigenvalue weighted by atomic mass is 10.1. The van der Waals surface area contributed by atoms with Crippen LogP contribution in [-0.2, 0) is 17.6 Å². The van der Waals surface area contributed by atoms with Gasteiger partial charge in [-0.1, -0.05) is 30.3 Å². The van der Waals surface area contributed by atoms with Crippen molar-refractivity contribution in [1.82, 2.24) is 9.97 Å². The Morgan fingerprint density at radius 2 is 1.70 bits per heavy atom. The first-order valence-corrected chi connectivity index (χ1v) is 9.10. The van der Waals surface area contributed by atoms with E-state index in [1.807, 2.05) is 74.0 Å². The van der Waals surface area contributed by atoms with Gasteiger partial charge in [0.15, 0.2) is 0 Å². The highest BCUT2D eigenvalue weighted by atomic mass is 16.1. The molecule has 1 aromatic carbocycles. The van der Waals surface area contributed by atoms with Gasteiger partial charge in [0.1, 0.15) is 5.82 Å². The molecule has 0 aliphatic heterocycles. The van der Waals surface area contributed by atoms with Crippen molar-refractivity contribution in [3.05, 3.63) is 84.3 Å². The summed E-state index contributed by atoms with van der Waals surface area (Å²) >= 11 is 0. The highest BCUT2D eigenvalue weighted by Crippen LogP contribution is 2.15. The number of hydrogen-bond donors (Lipinski definition) is 1. The fraction of sp³-hybridized carbons (Fsp3) is 0.227. The molecule has 0 atom stereocenters. The van der Waals surface area contributed by atoms with Crippen LogP contribution in [0.5, 0.6) is 0 Å². The van der Waals surface area contributed by atoms with Gasteiger partial charge in [0.2, 0.25) is 5.91 Å². The summed E-state index contributed by atoms with van der Waals surface area (Å²) in [5.41, 5.74) is 3.44. The molecule has 0 aliphatic carbocycles. The Kier molecular flexibility index (Phi) is 6.52. The van der Waals surface area contributed by atoms with Crippen LogP contribution >= 0.6 is 0 Å². The van der Waals surface area contributed by atoms with Crippen LogP contribution < -0.4 is 10.2 Å². The number of likely N-dealkylation sites (N-methyl/N-ethyl adjacent to an activating group) is 1. The molecule has 1 N–H and O–H groups in total. The summed E-state index contributed by atoms with van der Waals surface area (Å²) in [5.74, 6) is 0.560. The Labute approximate surface area is 160 Å². The average molecular weight is 360 g/mol. The predicted molar refractivity (Wildman–Crippen MR) is 109 cm³/mol. The Hall–Kier alpha value is -3.21. The zero-order chi connectivity index (χ0) is 18.9. The predicted octanol–water partition coefficient (Wildman–Crippen LogP) is 3.73. The molecule has 2 heterocycles. The molecule has 0 fully saturated rings. The fourth-order valence-electron chi connectivity index (χ4n) is 2.77. The molecule has 27 heavy (non-hydrogen) atoms. The minimum Gasteiger partial charge on any atom is -0.373 e. The standard InChI is InChI=1S/C22H24N4O/c1-26(16-13-19-11-14-23-15-12-19)20-8-9-21(24-17-20)25-22(27)10-7-18-5-3-2-4-6-18/h2-6,8-9,11-12,14-15,17H,7,10,13,16H2,1H3,(H,24,25,27). The molecule has 5 heteroatoms. The van der Waals surface area contributed by atoms with E-state index in [1.165, 1.54) is 5.56 Å². The number of rotatable bonds is 8. The van der Waals surface area contributed by atoms with E-state index >= 15 is 0 Å². The van der Waals surface area contributed by atoms with Crippen molar-refractivity contribution in [3.8, 4) is 0 Å². The van der Waals surface area contributed by atoms with Crippen LogP contribution in [0.1, 0.15) is 17.5 Å². The molecule has 5 nitrogen and oxygen atoms in total. The molecule has 0 unspecified atom stereocenters. The number of aromatic nitrogens is 2. The summed E-state index contributed by atoms with van der Waals surface area (Å²) < 4.78 is 0. The third-order valence-corrected chi connectivity index (χ3v) is 4.42. The highest BCUT2D eigenvalue weighted by Gasteiger charge is 2.06. The molecule has 0 aliphatic rings. The number of hydrogen-bond acceptors (Lipinski definition) is 4. The highest BCUT2D eigenvalue weighted by molar-refractivity contribution is 5.89. The van der Waals surface area contributed by atoms with Gasteiger partial charge in [0.25, 0.3) is 0 Å². The number of benzene rings is 1. The molecule has 0 bridgehead atoms. The number of carbonyl (C=O) groups is 1. The summed E-state index contributed by atoms with van der Waals surface area (Å²) in [5, 5.41) is 2.86. The maximum Gasteiger partial charge on any atom is 0.225 e. The van der Waals surface area contributed by atoms with Crippen molar-refractivity contribution in [2.24, 2.45) is 0 Å². The van der Waals surface area contributed by atoms with E-state index in [-0.39, 0.29) is 5.91 Å². The molecule has 0 spiro atoms. The van der Waals surface area contributed by atoms with E-state index in [1.54, 1.807) is 6.20 Å². The van der Waals surface area contributed by atoms with Gasteiger partial charge in [-0.05, 0) is 48.2 Å². The molecule has 138 valence electrons. The second-order valence-electron chi connectivity index (χ2n) is 6.46. The quantitative estimate of drug-likeness (QED) is 0.665. The van der Waals surface area contributed by atoms with Gasteiger partial charge in [-0.2, -0.15) is 0 Å². The second-order valence-corrected chi connectivity index (χ2v) is 6.46. The van der Waals surface area contributed by atoms with Crippen LogP contribution in [0.2, 0.25) is 0 Å². The van der Waals surface area contributed by atoms with E-state index in [9.17, 15) is 4.79 Å². The van der Waals surface area contributed by atoms with Crippen molar-refractivity contribution in [2.75, 3.05) is 23.8 Å². The number of anilines is 2. The number of pyridine rings is 2. The molecule has 0 saturated carbocycles. The Bertz CT molecular complexity index is 835. The van der Waals surface area contributed by atoms with Gasteiger partial charge < -0.3 is 10.2 Å². The van der Waals surface area contributed by atoms with E-state index in [2.05, 4.69) is 20.2 Å². The summed E-state index contributed by atoms with van der Waals surface area (Å²) in [6.07, 6.45) is 7.52. The summed E-state index contributed by atoms with van der Waals surface area (Å²) in [7, 11) is 2.04. The number of amides is 1. The van der Waals surface area contributed by atoms with Crippen LogP contribution in [0.3, 0.4) is 0 Å². The lowest BCUT2D eigenvalue weighted by molar-refractivity contribution is -0.116. The molecular weight excluding hydrogens is 336 g/mol. The number of aryl methyl sites for hydroxylation is 1. The minimum atomic E-state index is -0.0230. The van der Waals surface area contributed by atoms with Crippen molar-refractivity contribution >= 4 is 17.4 Å². The molecule has 0 radical (unpaired) electrons. The molecular formula is C22H24N4O. The third-order valence-electron chi connectivity index (χ3n) is 4.42. The number of carbonyl (C=O) groups excluding carboxylic acids is 1. The summed E-state index contributed by atoms with van der Waals surface area (Å²) in [6.45, 7) is 0.883. The van der Waals surface area contributed by atoms with Gasteiger partial charge in [-0.15, -0.1) is 0 Å². The smallest absolute Gasteiger partial charge is 0.225 e. The van der Waals surface area contributed by atoms with Gasteiger partial charge in [0.05, 0.1) is 11.9 Å². The first kappa shape index (κ1) is 18.6. The maximum atomic E-state index is 12.1. The summed E-state index contributed by atoms with van der Waals surface area (Å²) in [6, 6.07) is 17.9. The molecule has 3 aromatic rings. The Morgan fingerprint density at radius 3 is 2.41 bits per heavy atom. The molecule has 3 rings (SSSR count). The SMILES string of the molecule is CN(CCc1ccncc1)c1ccc(NC(=O)CCc2ccccc2)nc1. The van der Waals surface area contributed by atoms with Crippen LogP contribution in [0.25, 0.3) is 0 Å². The molecule has 0 saturated heterocycles. The molecule has 2 aromatic heterocycles. The van der Waals surface area contributed by atoms with Gasteiger partial charge in [-0.3, -0.25) is 9.78 Å². The maximum absolute atomic E-state index is 12.1. The van der Waals surface area contributed by atoms with E-state index in [0.717, 1.165) is 30.6 Å². The van der Waals surface area contributed by atoms with Crippen LogP contribution in [0, 0.1) is 0 Å². The van der Waals surface area contributed by atoms with Crippen molar-refractivity contribution in [3.63, 3.8) is 0 Å². The normalized spacial score (nSPS) is 10.4. The first-order chi connectivity index (χ1) is 13.2. The Balaban J connectivity index is 1.47. The lowest BCUT2D eigenvalue weighted by Crippen LogP contribution is -2.20. The van der Waals surface area contributed by atoms with E-state index in [0.29, 0.717) is 12.2 Å². The molecule has 1 amide bonds. The fourth-order valence-corrected chi connectivity index (χ4v) is 2.77. The van der Waals surface area contributed by atoms with Crippen molar-refractivity contribution in [2.45, 2.75) is 19.3 Å². The number of nitrogens with one attached hydrogen (secondary N) is 1. The van der Waals surface area contributed by atoms with Gasteiger partial charge in [0, 0.05) is 32.4 Å². The second kappa shape index (κ2) is 9.48. The topological polar surface area (TPSA) is 58.1 Å². The summed E-state index contributed by atoms with van der Waals surface area (Å²) in [4.78, 5) is 22.6. The third kappa shape index (κ3) is 5.92. The van der Waals surface area contributed by atoms with Gasteiger partial charge in [-0.25, -0.2) is 4.98 Å². The van der Waals surface area contributed by atoms with Crippen molar-refractivity contribution in [1.29, 1.82) is 0 Å². The van der Waals surface area contributed by atoms with E-state index in [4.69, 9.17) is 0 Å².